The van der Waals surface area contributed by atoms with Gasteiger partial charge in [0.1, 0.15) is 11.6 Å². The van der Waals surface area contributed by atoms with Crippen LogP contribution >= 0.6 is 11.6 Å². The van der Waals surface area contributed by atoms with Crippen molar-refractivity contribution in [2.24, 2.45) is 0 Å². The molecule has 1 amide bonds. The molecule has 0 aliphatic carbocycles. The summed E-state index contributed by atoms with van der Waals surface area (Å²) in [5, 5.41) is 10.8. The van der Waals surface area contributed by atoms with E-state index in [9.17, 15) is 18.5 Å². The van der Waals surface area contributed by atoms with Gasteiger partial charge in [0.2, 0.25) is 0 Å². The van der Waals surface area contributed by atoms with Crippen LogP contribution in [0.3, 0.4) is 0 Å². The third kappa shape index (κ3) is 4.70. The lowest BCUT2D eigenvalue weighted by atomic mass is 9.84. The predicted octanol–water partition coefficient (Wildman–Crippen LogP) is 2.95. The number of nitrogens with zero attached hydrogens (tertiary/aromatic N) is 1. The Bertz CT molecular complexity index is 884. The third-order valence-electron chi connectivity index (χ3n) is 4.79. The van der Waals surface area contributed by atoms with Gasteiger partial charge in [0.05, 0.1) is 15.5 Å². The fourth-order valence-corrected chi connectivity index (χ4v) is 3.64. The van der Waals surface area contributed by atoms with E-state index in [1.54, 1.807) is 17.0 Å². The van der Waals surface area contributed by atoms with Crippen molar-refractivity contribution in [3.8, 4) is 5.75 Å². The summed E-state index contributed by atoms with van der Waals surface area (Å²) in [6.07, 6.45) is 0.672. The number of aliphatic hydroxyl groups is 1. The number of piperidine rings is 1. The van der Waals surface area contributed by atoms with E-state index in [1.165, 1.54) is 30.3 Å². The third-order valence-corrected chi connectivity index (χ3v) is 5.76. The number of carbonyl (C=O) groups excluding carboxylic acids is 1. The first kappa shape index (κ1) is 20.7. The molecule has 150 valence electrons. The Morgan fingerprint density at radius 1 is 1.21 bits per heavy atom. The summed E-state index contributed by atoms with van der Waals surface area (Å²) in [5.41, 5.74) is -0.455. The van der Waals surface area contributed by atoms with Crippen LogP contribution in [0.4, 0.5) is 4.39 Å². The minimum absolute atomic E-state index is 0.0796. The Morgan fingerprint density at radius 2 is 1.86 bits per heavy atom. The number of likely N-dealkylation sites (tertiary alicyclic amines) is 1. The van der Waals surface area contributed by atoms with E-state index in [0.717, 1.165) is 0 Å². The maximum Gasteiger partial charge on any atom is 0.260 e. The van der Waals surface area contributed by atoms with Crippen molar-refractivity contribution < 1.29 is 27.8 Å². The molecule has 2 aromatic rings. The number of ether oxygens (including phenoxy) is 1. The molecule has 1 unspecified atom stereocenters. The lowest BCUT2D eigenvalue weighted by molar-refractivity contribution is -0.137. The molecule has 0 spiro atoms. The molecule has 1 saturated heterocycles. The van der Waals surface area contributed by atoms with Gasteiger partial charge in [-0.15, -0.1) is 0 Å². The van der Waals surface area contributed by atoms with Gasteiger partial charge in [-0.2, -0.15) is 0 Å². The van der Waals surface area contributed by atoms with Crippen LogP contribution in [0.1, 0.15) is 18.4 Å². The molecule has 2 aromatic carbocycles. The zero-order valence-electron chi connectivity index (χ0n) is 14.8. The summed E-state index contributed by atoms with van der Waals surface area (Å²) < 4.78 is 38.6. The second-order valence-electron chi connectivity index (χ2n) is 6.55. The number of hydrogen-bond acceptors (Lipinski definition) is 4. The van der Waals surface area contributed by atoms with Gasteiger partial charge in [0, 0.05) is 19.2 Å². The first-order valence-corrected chi connectivity index (χ1v) is 10.1. The van der Waals surface area contributed by atoms with Gasteiger partial charge in [-0.1, -0.05) is 23.7 Å². The first-order valence-electron chi connectivity index (χ1n) is 8.58. The summed E-state index contributed by atoms with van der Waals surface area (Å²) >= 11 is 3.62. The van der Waals surface area contributed by atoms with Gasteiger partial charge in [0.25, 0.3) is 5.91 Å². The van der Waals surface area contributed by atoms with Gasteiger partial charge in [-0.25, -0.2) is 8.60 Å². The first-order chi connectivity index (χ1) is 13.3. The number of halogens is 2. The Balaban J connectivity index is 1.55. The number of hydrogen-bond donors (Lipinski definition) is 2. The van der Waals surface area contributed by atoms with Crippen LogP contribution in [0.2, 0.25) is 5.02 Å². The Hall–Kier alpha value is -2.00. The Labute approximate surface area is 169 Å². The number of rotatable bonds is 5. The Morgan fingerprint density at radius 3 is 2.43 bits per heavy atom. The van der Waals surface area contributed by atoms with E-state index in [1.807, 2.05) is 0 Å². The van der Waals surface area contributed by atoms with Crippen LogP contribution in [0, 0.1) is 5.82 Å². The highest BCUT2D eigenvalue weighted by molar-refractivity contribution is 7.79. The fraction of sp³-hybridized carbons (Fsp3) is 0.316. The van der Waals surface area contributed by atoms with Crippen molar-refractivity contribution in [3.63, 3.8) is 0 Å². The highest BCUT2D eigenvalue weighted by Crippen LogP contribution is 2.33. The maximum atomic E-state index is 13.1. The molecule has 1 fully saturated rings. The summed E-state index contributed by atoms with van der Waals surface area (Å²) in [4.78, 5) is 14.2. The smallest absolute Gasteiger partial charge is 0.260 e. The summed E-state index contributed by atoms with van der Waals surface area (Å²) in [6.45, 7) is 0.477. The van der Waals surface area contributed by atoms with E-state index < -0.39 is 22.5 Å². The SMILES string of the molecule is O=C(COc1ccc(F)c(Cl)c1)N1CCC(O)(c2ccc(S(=O)O)cc2)CC1. The zero-order chi connectivity index (χ0) is 20.3. The minimum atomic E-state index is -2.07. The van der Waals surface area contributed by atoms with Crippen LogP contribution in [0.25, 0.3) is 0 Å². The molecule has 28 heavy (non-hydrogen) atoms. The van der Waals surface area contributed by atoms with E-state index in [4.69, 9.17) is 20.9 Å². The average molecular weight is 428 g/mol. The number of amides is 1. The minimum Gasteiger partial charge on any atom is -0.484 e. The summed E-state index contributed by atoms with van der Waals surface area (Å²) in [6, 6.07) is 10.1. The van der Waals surface area contributed by atoms with Gasteiger partial charge in [0.15, 0.2) is 17.7 Å². The van der Waals surface area contributed by atoms with Crippen molar-refractivity contribution in [1.82, 2.24) is 4.90 Å². The molecule has 6 nitrogen and oxygen atoms in total. The quantitative estimate of drug-likeness (QED) is 0.716. The molecule has 1 heterocycles. The Kier molecular flexibility index (Phi) is 6.34. The number of carbonyl (C=O) groups is 1. The molecule has 9 heteroatoms. The molecular formula is C19H19ClFNO5S. The monoisotopic (exact) mass is 427 g/mol. The van der Waals surface area contributed by atoms with Crippen molar-refractivity contribution in [2.45, 2.75) is 23.3 Å². The van der Waals surface area contributed by atoms with Crippen LogP contribution in [0.5, 0.6) is 5.75 Å². The molecule has 0 saturated carbocycles. The van der Waals surface area contributed by atoms with Crippen molar-refractivity contribution in [1.29, 1.82) is 0 Å². The van der Waals surface area contributed by atoms with E-state index >= 15 is 0 Å². The molecule has 1 atom stereocenters. The lowest BCUT2D eigenvalue weighted by Gasteiger charge is -2.38. The zero-order valence-corrected chi connectivity index (χ0v) is 16.4. The van der Waals surface area contributed by atoms with Gasteiger partial charge >= 0.3 is 0 Å². The molecule has 0 aromatic heterocycles. The van der Waals surface area contributed by atoms with Gasteiger partial charge in [-0.3, -0.25) is 4.79 Å². The molecule has 0 bridgehead atoms. The van der Waals surface area contributed by atoms with E-state index in [0.29, 0.717) is 37.2 Å². The lowest BCUT2D eigenvalue weighted by Crippen LogP contribution is -2.46. The van der Waals surface area contributed by atoms with E-state index in [2.05, 4.69) is 0 Å². The summed E-state index contributed by atoms with van der Waals surface area (Å²) in [5.74, 6) is -0.503. The van der Waals surface area contributed by atoms with Crippen molar-refractivity contribution >= 4 is 28.6 Å². The molecular weight excluding hydrogens is 409 g/mol. The van der Waals surface area contributed by atoms with Crippen molar-refractivity contribution in [2.75, 3.05) is 19.7 Å². The molecule has 1 aliphatic rings. The standard InChI is InChI=1S/C19H19ClFNO5S/c20-16-11-14(3-6-17(16)21)27-12-18(23)22-9-7-19(24,8-10-22)13-1-4-15(5-2-13)28(25)26/h1-6,11,24H,7-10,12H2,(H,25,26). The highest BCUT2D eigenvalue weighted by atomic mass is 35.5. The van der Waals surface area contributed by atoms with Crippen molar-refractivity contribution in [3.05, 3.63) is 58.9 Å². The molecule has 1 aliphatic heterocycles. The largest absolute Gasteiger partial charge is 0.484 e. The fourth-order valence-electron chi connectivity index (χ4n) is 3.10. The van der Waals surface area contributed by atoms with Gasteiger partial charge < -0.3 is 19.3 Å². The number of benzene rings is 2. The van der Waals surface area contributed by atoms with E-state index in [-0.39, 0.29) is 22.4 Å². The molecule has 0 radical (unpaired) electrons. The predicted molar refractivity (Wildman–Crippen MR) is 102 cm³/mol. The van der Waals surface area contributed by atoms with Gasteiger partial charge in [-0.05, 0) is 42.7 Å². The molecule has 3 rings (SSSR count). The summed E-state index contributed by atoms with van der Waals surface area (Å²) in [7, 11) is 0. The van der Waals surface area contributed by atoms with Crippen LogP contribution in [-0.2, 0) is 21.5 Å². The average Bonchev–Trinajstić information content (AvgIpc) is 2.69. The normalized spacial score (nSPS) is 17.2. The topological polar surface area (TPSA) is 87.1 Å². The molecule has 2 N–H and O–H groups in total. The second kappa shape index (κ2) is 8.57. The van der Waals surface area contributed by atoms with Crippen LogP contribution in [-0.4, -0.2) is 44.4 Å². The second-order valence-corrected chi connectivity index (χ2v) is 7.93. The maximum absolute atomic E-state index is 13.1. The van der Waals surface area contributed by atoms with Crippen LogP contribution < -0.4 is 4.74 Å². The highest BCUT2D eigenvalue weighted by Gasteiger charge is 2.35. The van der Waals surface area contributed by atoms with Crippen LogP contribution in [0.15, 0.2) is 47.4 Å².